The average molecular weight is 716 g/mol. The molecule has 0 aliphatic rings. The summed E-state index contributed by atoms with van der Waals surface area (Å²) in [6, 6.07) is 9.14. The van der Waals surface area contributed by atoms with Crippen LogP contribution in [0.2, 0.25) is 0 Å². The summed E-state index contributed by atoms with van der Waals surface area (Å²) in [5.41, 5.74) is 1.69. The number of carboxylic acid groups (broad SMARTS) is 1. The number of aromatic carboxylic acids is 1. The molecule has 0 radical (unpaired) electrons. The number of carbonyl (C=O) groups excluding carboxylic acids is 1. The molecule has 150 valence electrons. The lowest BCUT2D eigenvalue weighted by Crippen LogP contribution is -2.14. The van der Waals surface area contributed by atoms with Crippen LogP contribution in [0.3, 0.4) is 0 Å². The summed E-state index contributed by atoms with van der Waals surface area (Å²) in [4.78, 5) is 24.9. The van der Waals surface area contributed by atoms with Gasteiger partial charge in [0.15, 0.2) is 0 Å². The van der Waals surface area contributed by atoms with E-state index in [0.29, 0.717) is 30.3 Å². The third kappa shape index (κ3) is 4.71. The number of halogens is 4. The van der Waals surface area contributed by atoms with Crippen LogP contribution in [0, 0.1) is 3.57 Å². The van der Waals surface area contributed by atoms with Crippen LogP contribution in [-0.4, -0.2) is 24.1 Å². The van der Waals surface area contributed by atoms with Gasteiger partial charge in [0.05, 0.1) is 21.6 Å². The molecule has 2 N–H and O–H groups in total. The van der Waals surface area contributed by atoms with Crippen LogP contribution in [-0.2, 0) is 0 Å². The fourth-order valence-electron chi connectivity index (χ4n) is 2.60. The minimum atomic E-state index is -1.11. The zero-order valence-corrected chi connectivity index (χ0v) is 22.3. The van der Waals surface area contributed by atoms with E-state index in [0.717, 1.165) is 9.13 Å². The molecular formula is C19H11Br3INO4S. The highest BCUT2D eigenvalue weighted by molar-refractivity contribution is 14.1. The first-order valence-corrected chi connectivity index (χ1v) is 12.2. The fraction of sp³-hybridized carbons (Fsp3) is 0.0526. The van der Waals surface area contributed by atoms with Crippen molar-refractivity contribution < 1.29 is 19.4 Å². The lowest BCUT2D eigenvalue weighted by molar-refractivity contribution is 0.0699. The lowest BCUT2D eigenvalue weighted by atomic mass is 10.0. The molecule has 0 saturated carbocycles. The van der Waals surface area contributed by atoms with Gasteiger partial charge in [-0.2, -0.15) is 0 Å². The first-order chi connectivity index (χ1) is 13.7. The van der Waals surface area contributed by atoms with Crippen molar-refractivity contribution in [1.29, 1.82) is 0 Å². The largest absolute Gasteiger partial charge is 0.494 e. The molecule has 29 heavy (non-hydrogen) atoms. The molecule has 0 spiro atoms. The van der Waals surface area contributed by atoms with Gasteiger partial charge in [-0.1, -0.05) is 12.1 Å². The fourth-order valence-corrected chi connectivity index (χ4v) is 5.72. The number of nitrogens with one attached hydrogen (secondary N) is 1. The highest BCUT2D eigenvalue weighted by Gasteiger charge is 2.24. The molecule has 0 saturated heterocycles. The van der Waals surface area contributed by atoms with Crippen molar-refractivity contribution in [3.8, 4) is 16.9 Å². The predicted molar refractivity (Wildman–Crippen MR) is 133 cm³/mol. The second-order valence-electron chi connectivity index (χ2n) is 5.69. The second kappa shape index (κ2) is 9.46. The summed E-state index contributed by atoms with van der Waals surface area (Å²) in [6.07, 6.45) is 0. The van der Waals surface area contributed by atoms with Crippen molar-refractivity contribution in [3.05, 3.63) is 63.8 Å². The number of benzene rings is 2. The van der Waals surface area contributed by atoms with Gasteiger partial charge >= 0.3 is 5.97 Å². The lowest BCUT2D eigenvalue weighted by Gasteiger charge is -2.13. The Morgan fingerprint density at radius 2 is 1.79 bits per heavy atom. The van der Waals surface area contributed by atoms with Crippen LogP contribution >= 0.6 is 81.7 Å². The van der Waals surface area contributed by atoms with Gasteiger partial charge in [0.25, 0.3) is 5.91 Å². The minimum absolute atomic E-state index is 0.0591. The van der Waals surface area contributed by atoms with E-state index in [9.17, 15) is 14.7 Å². The smallest absolute Gasteiger partial charge is 0.339 e. The number of anilines is 1. The molecule has 0 bridgehead atoms. The minimum Gasteiger partial charge on any atom is -0.494 e. The summed E-state index contributed by atoms with van der Waals surface area (Å²) >= 11 is 13.5. The van der Waals surface area contributed by atoms with E-state index in [2.05, 4.69) is 75.7 Å². The summed E-state index contributed by atoms with van der Waals surface area (Å²) in [5, 5.41) is 14.5. The standard InChI is InChI=1S/C19H11Br3INO4S/c1-28-16-14(21)10(6-12(20)15(16)22)17(25)24-18-13(19(26)27)11(7-29-18)8-2-4-9(23)5-3-8/h2-7H,1H3,(H,24,25)(H,26,27). The van der Waals surface area contributed by atoms with E-state index in [-0.39, 0.29) is 10.6 Å². The molecular weight excluding hydrogens is 705 g/mol. The quantitative estimate of drug-likeness (QED) is 0.216. The van der Waals surface area contributed by atoms with Gasteiger partial charge < -0.3 is 15.2 Å². The maximum Gasteiger partial charge on any atom is 0.339 e. The van der Waals surface area contributed by atoms with Crippen LogP contribution < -0.4 is 10.1 Å². The molecule has 0 unspecified atom stereocenters. The van der Waals surface area contributed by atoms with Gasteiger partial charge in [0, 0.05) is 19.0 Å². The number of ether oxygens (including phenoxy) is 1. The topological polar surface area (TPSA) is 75.6 Å². The highest BCUT2D eigenvalue weighted by Crippen LogP contribution is 2.42. The van der Waals surface area contributed by atoms with Crippen molar-refractivity contribution in [2.75, 3.05) is 12.4 Å². The zero-order chi connectivity index (χ0) is 21.3. The summed E-state index contributed by atoms with van der Waals surface area (Å²) in [6.45, 7) is 0. The Hall–Kier alpha value is -0.950. The number of thiophene rings is 1. The van der Waals surface area contributed by atoms with Crippen molar-refractivity contribution >= 4 is 98.6 Å². The van der Waals surface area contributed by atoms with Crippen molar-refractivity contribution in [2.24, 2.45) is 0 Å². The highest BCUT2D eigenvalue weighted by atomic mass is 127. The Balaban J connectivity index is 2.01. The maximum atomic E-state index is 12.9. The molecule has 0 aliphatic heterocycles. The van der Waals surface area contributed by atoms with Gasteiger partial charge in [-0.15, -0.1) is 11.3 Å². The van der Waals surface area contributed by atoms with Crippen molar-refractivity contribution in [2.45, 2.75) is 0 Å². The van der Waals surface area contributed by atoms with Crippen molar-refractivity contribution in [3.63, 3.8) is 0 Å². The van der Waals surface area contributed by atoms with E-state index in [1.807, 2.05) is 24.3 Å². The SMILES string of the molecule is COc1c(Br)c(Br)cc(C(=O)Nc2scc(-c3ccc(I)cc3)c2C(=O)O)c1Br. The first-order valence-electron chi connectivity index (χ1n) is 7.88. The van der Waals surface area contributed by atoms with E-state index < -0.39 is 11.9 Å². The number of methoxy groups -OCH3 is 1. The summed E-state index contributed by atoms with van der Waals surface area (Å²) < 4.78 is 8.13. The molecule has 10 heteroatoms. The number of carboxylic acids is 1. The van der Waals surface area contributed by atoms with E-state index in [1.54, 1.807) is 11.4 Å². The Kier molecular flexibility index (Phi) is 7.41. The van der Waals surface area contributed by atoms with E-state index >= 15 is 0 Å². The number of carbonyl (C=O) groups is 2. The molecule has 3 rings (SSSR count). The zero-order valence-electron chi connectivity index (χ0n) is 14.6. The molecule has 1 aromatic heterocycles. The van der Waals surface area contributed by atoms with E-state index in [4.69, 9.17) is 4.74 Å². The first kappa shape index (κ1) is 22.7. The number of rotatable bonds is 5. The maximum absolute atomic E-state index is 12.9. The molecule has 0 atom stereocenters. The van der Waals surface area contributed by atoms with Crippen molar-refractivity contribution in [1.82, 2.24) is 0 Å². The Morgan fingerprint density at radius 3 is 2.38 bits per heavy atom. The third-order valence-electron chi connectivity index (χ3n) is 3.95. The Bertz CT molecular complexity index is 1120. The Morgan fingerprint density at radius 1 is 1.14 bits per heavy atom. The third-order valence-corrected chi connectivity index (χ3v) is 8.30. The molecule has 2 aromatic carbocycles. The number of amides is 1. The van der Waals surface area contributed by atoms with Gasteiger partial charge in [-0.05, 0) is 94.1 Å². The monoisotopic (exact) mass is 713 g/mol. The van der Waals surface area contributed by atoms with Crippen LogP contribution in [0.4, 0.5) is 5.00 Å². The van der Waals surface area contributed by atoms with Gasteiger partial charge in [-0.3, -0.25) is 4.79 Å². The number of hydrogen-bond donors (Lipinski definition) is 2. The Labute approximate surface area is 209 Å². The van der Waals surface area contributed by atoms with Gasteiger partial charge in [0.1, 0.15) is 16.3 Å². The molecule has 5 nitrogen and oxygen atoms in total. The van der Waals surface area contributed by atoms with Gasteiger partial charge in [-0.25, -0.2) is 4.79 Å². The van der Waals surface area contributed by atoms with Gasteiger partial charge in [0.2, 0.25) is 0 Å². The van der Waals surface area contributed by atoms with Crippen LogP contribution in [0.1, 0.15) is 20.7 Å². The molecule has 1 heterocycles. The summed E-state index contributed by atoms with van der Waals surface area (Å²) in [7, 11) is 1.49. The molecule has 0 fully saturated rings. The predicted octanol–water partition coefficient (Wildman–Crippen LogP) is 7.27. The number of hydrogen-bond acceptors (Lipinski definition) is 4. The van der Waals surface area contributed by atoms with Crippen LogP contribution in [0.25, 0.3) is 11.1 Å². The molecule has 1 amide bonds. The molecule has 3 aromatic rings. The summed E-state index contributed by atoms with van der Waals surface area (Å²) in [5.74, 6) is -1.11. The van der Waals surface area contributed by atoms with E-state index in [1.165, 1.54) is 18.4 Å². The average Bonchev–Trinajstić information content (AvgIpc) is 3.09. The normalized spacial score (nSPS) is 10.7. The second-order valence-corrected chi connectivity index (χ2v) is 10.3. The van der Waals surface area contributed by atoms with Crippen LogP contribution in [0.5, 0.6) is 5.75 Å². The van der Waals surface area contributed by atoms with Crippen LogP contribution in [0.15, 0.2) is 49.1 Å². The molecule has 0 aliphatic carbocycles.